The van der Waals surface area contributed by atoms with Crippen molar-refractivity contribution in [2.24, 2.45) is 0 Å². The van der Waals surface area contributed by atoms with Crippen LogP contribution in [0.25, 0.3) is 27.5 Å². The third-order valence-corrected chi connectivity index (χ3v) is 12.7. The molecule has 0 amide bonds. The molecule has 1 aliphatic heterocycles. The molecule has 6 aromatic rings. The molecular formula is C55H68N2O2. The fourth-order valence-electron chi connectivity index (χ4n) is 9.01. The lowest BCUT2D eigenvalue weighted by Gasteiger charge is -2.36. The van der Waals surface area contributed by atoms with Gasteiger partial charge in [0.25, 0.3) is 0 Å². The number of anilines is 3. The van der Waals surface area contributed by atoms with Gasteiger partial charge in [-0.1, -0.05) is 123 Å². The molecule has 0 fully saturated rings. The van der Waals surface area contributed by atoms with Gasteiger partial charge in [-0.3, -0.25) is 4.79 Å². The number of pyridine rings is 1. The van der Waals surface area contributed by atoms with Crippen LogP contribution in [0.2, 0.25) is 0 Å². The van der Waals surface area contributed by atoms with Gasteiger partial charge in [0.15, 0.2) is 16.9 Å². The Morgan fingerprint density at radius 3 is 1.22 bits per heavy atom. The van der Waals surface area contributed by atoms with Gasteiger partial charge in [-0.25, -0.2) is 0 Å². The molecule has 4 nitrogen and oxygen atoms in total. The van der Waals surface area contributed by atoms with Crippen LogP contribution in [-0.2, 0) is 0 Å². The number of benzene rings is 5. The van der Waals surface area contributed by atoms with Gasteiger partial charge in [0, 0.05) is 28.2 Å². The van der Waals surface area contributed by atoms with E-state index < -0.39 is 0 Å². The zero-order chi connectivity index (χ0) is 42.9. The molecule has 2 heterocycles. The molecule has 0 atom stereocenters. The average molecular weight is 789 g/mol. The molecule has 59 heavy (non-hydrogen) atoms. The monoisotopic (exact) mass is 789 g/mol. The second kappa shape index (κ2) is 16.0. The predicted molar refractivity (Wildman–Crippen MR) is 255 cm³/mol. The van der Waals surface area contributed by atoms with Gasteiger partial charge < -0.3 is 14.2 Å². The molecule has 0 N–H and O–H groups in total. The van der Waals surface area contributed by atoms with Gasteiger partial charge in [-0.2, -0.15) is 0 Å². The van der Waals surface area contributed by atoms with Gasteiger partial charge in [0.05, 0.1) is 22.4 Å². The number of rotatable bonds is 10. The van der Waals surface area contributed by atoms with Crippen LogP contribution < -0.4 is 15.1 Å². The van der Waals surface area contributed by atoms with Gasteiger partial charge in [0.2, 0.25) is 0 Å². The summed E-state index contributed by atoms with van der Waals surface area (Å²) in [7, 11) is 0. The van der Waals surface area contributed by atoms with Crippen molar-refractivity contribution in [2.75, 3.05) is 4.90 Å². The quantitative estimate of drug-likeness (QED) is 0.129. The summed E-state index contributed by atoms with van der Waals surface area (Å²) in [5.41, 5.74) is 16.2. The van der Waals surface area contributed by atoms with Crippen molar-refractivity contribution in [1.29, 1.82) is 0 Å². The zero-order valence-electron chi connectivity index (χ0n) is 38.8. The molecule has 4 heteroatoms. The Balaban J connectivity index is 1.67. The second-order valence-electron chi connectivity index (χ2n) is 19.8. The van der Waals surface area contributed by atoms with E-state index in [0.29, 0.717) is 46.8 Å². The van der Waals surface area contributed by atoms with E-state index in [1.807, 2.05) is 0 Å². The van der Waals surface area contributed by atoms with Crippen LogP contribution in [0.5, 0.6) is 11.5 Å². The second-order valence-corrected chi connectivity index (χ2v) is 19.8. The van der Waals surface area contributed by atoms with Crippen LogP contribution in [0.4, 0.5) is 17.1 Å². The highest BCUT2D eigenvalue weighted by Gasteiger charge is 2.31. The van der Waals surface area contributed by atoms with E-state index in [2.05, 4.69) is 193 Å². The van der Waals surface area contributed by atoms with Crippen molar-refractivity contribution in [3.63, 3.8) is 0 Å². The molecule has 0 saturated carbocycles. The Morgan fingerprint density at radius 2 is 0.746 bits per heavy atom. The van der Waals surface area contributed by atoms with Crippen molar-refractivity contribution in [1.82, 2.24) is 4.57 Å². The maximum atomic E-state index is 15.3. The molecule has 0 unspecified atom stereocenters. The molecular weight excluding hydrogens is 721 g/mol. The Kier molecular flexibility index (Phi) is 11.5. The molecule has 310 valence electrons. The number of fused-ring (bicyclic) bond motifs is 4. The number of nitrogens with zero attached hydrogens (tertiary/aromatic N) is 2. The summed E-state index contributed by atoms with van der Waals surface area (Å²) in [5.74, 6) is 4.19. The van der Waals surface area contributed by atoms with Crippen LogP contribution in [-0.4, -0.2) is 4.57 Å². The first kappa shape index (κ1) is 42.3. The van der Waals surface area contributed by atoms with Crippen molar-refractivity contribution >= 4 is 38.9 Å². The Bertz CT molecular complexity index is 2580. The maximum Gasteiger partial charge on any atom is 0.197 e. The largest absolute Gasteiger partial charge is 0.453 e. The number of ether oxygens (including phenoxy) is 1. The summed E-state index contributed by atoms with van der Waals surface area (Å²) in [6.45, 7) is 36.2. The summed E-state index contributed by atoms with van der Waals surface area (Å²) in [6.07, 6.45) is 0. The van der Waals surface area contributed by atoms with E-state index in [4.69, 9.17) is 4.74 Å². The Morgan fingerprint density at radius 1 is 0.373 bits per heavy atom. The average Bonchev–Trinajstić information content (AvgIpc) is 3.17. The molecule has 0 aliphatic carbocycles. The molecule has 0 bridgehead atoms. The van der Waals surface area contributed by atoms with Crippen LogP contribution in [0.3, 0.4) is 0 Å². The topological polar surface area (TPSA) is 34.5 Å². The van der Waals surface area contributed by atoms with Crippen molar-refractivity contribution < 1.29 is 4.74 Å². The molecule has 7 rings (SSSR count). The van der Waals surface area contributed by atoms with Gasteiger partial charge >= 0.3 is 0 Å². The number of aromatic nitrogens is 1. The SMILES string of the molecule is CC(C)c1cc(C(C)C)cc(N2c3cc(C(C)C)c(C(C)C)cc3Oc3cc4c(cc32)c(=O)c2cc(C(C)C)c(C(C)C)cc2n4-c2cc(C(C)C)cc(C(C)C)c2)c1. The Labute approximate surface area is 354 Å². The lowest BCUT2D eigenvalue weighted by atomic mass is 9.88. The van der Waals surface area contributed by atoms with Crippen LogP contribution >= 0.6 is 0 Å². The number of hydrogen-bond donors (Lipinski definition) is 0. The van der Waals surface area contributed by atoms with Crippen LogP contribution in [0.1, 0.15) is 203 Å². The highest BCUT2D eigenvalue weighted by Crippen LogP contribution is 2.54. The smallest absolute Gasteiger partial charge is 0.197 e. The third-order valence-electron chi connectivity index (χ3n) is 12.7. The zero-order valence-corrected chi connectivity index (χ0v) is 38.8. The van der Waals surface area contributed by atoms with Crippen LogP contribution in [0, 0.1) is 0 Å². The van der Waals surface area contributed by atoms with E-state index in [9.17, 15) is 0 Å². The first-order valence-corrected chi connectivity index (χ1v) is 22.4. The molecule has 0 spiro atoms. The molecule has 1 aromatic heterocycles. The summed E-state index contributed by atoms with van der Waals surface area (Å²) in [4.78, 5) is 17.7. The molecule has 5 aromatic carbocycles. The minimum Gasteiger partial charge on any atom is -0.453 e. The van der Waals surface area contributed by atoms with Gasteiger partial charge in [0.1, 0.15) is 0 Å². The first-order chi connectivity index (χ1) is 27.8. The summed E-state index contributed by atoms with van der Waals surface area (Å²) < 4.78 is 9.50. The summed E-state index contributed by atoms with van der Waals surface area (Å²) in [6, 6.07) is 27.5. The molecule has 1 aliphatic rings. The van der Waals surface area contributed by atoms with Crippen molar-refractivity contribution in [3.05, 3.63) is 128 Å². The fourth-order valence-corrected chi connectivity index (χ4v) is 9.01. The van der Waals surface area contributed by atoms with Gasteiger partial charge in [-0.15, -0.1) is 0 Å². The molecule has 0 radical (unpaired) electrons. The maximum absolute atomic E-state index is 15.3. The van der Waals surface area contributed by atoms with E-state index in [0.717, 1.165) is 50.7 Å². The Hall–Kier alpha value is -4.83. The lowest BCUT2D eigenvalue weighted by Crippen LogP contribution is -2.19. The standard InChI is InChI=1S/C55H68N2O2/c1-29(2)37-17-38(30(3)4)20-41(19-37)56-49-24-44(34(11)12)43(33(9)10)23-47(49)55(58)48-26-52-54(28-50(48)56)59-53-27-46(36(15)16)45(35(13)14)25-51(53)57(52)42-21-39(31(5)6)18-40(22-42)32(7)8/h17-36H,1-16H3. The lowest BCUT2D eigenvalue weighted by molar-refractivity contribution is 0.475. The fraction of sp³-hybridized carbons (Fsp3) is 0.436. The van der Waals surface area contributed by atoms with Crippen LogP contribution in [0.15, 0.2) is 77.6 Å². The first-order valence-electron chi connectivity index (χ1n) is 22.4. The minimum absolute atomic E-state index is 0.0536. The van der Waals surface area contributed by atoms with E-state index in [-0.39, 0.29) is 11.3 Å². The van der Waals surface area contributed by atoms with Gasteiger partial charge in [-0.05, 0) is 146 Å². The normalized spacial score (nSPS) is 13.1. The van der Waals surface area contributed by atoms with E-state index >= 15 is 4.79 Å². The highest BCUT2D eigenvalue weighted by molar-refractivity contribution is 6.01. The van der Waals surface area contributed by atoms with E-state index in [1.54, 1.807) is 0 Å². The summed E-state index contributed by atoms with van der Waals surface area (Å²) >= 11 is 0. The van der Waals surface area contributed by atoms with Crippen molar-refractivity contribution in [3.8, 4) is 17.2 Å². The predicted octanol–water partition coefficient (Wildman–Crippen LogP) is 16.7. The molecule has 0 saturated heterocycles. The minimum atomic E-state index is 0.0536. The van der Waals surface area contributed by atoms with E-state index in [1.165, 1.54) is 44.5 Å². The number of hydrogen-bond acceptors (Lipinski definition) is 3. The third kappa shape index (κ3) is 7.62. The summed E-state index contributed by atoms with van der Waals surface area (Å²) in [5, 5.41) is 1.44. The highest BCUT2D eigenvalue weighted by atomic mass is 16.5. The van der Waals surface area contributed by atoms with Crippen molar-refractivity contribution in [2.45, 2.75) is 158 Å².